The van der Waals surface area contributed by atoms with E-state index >= 15 is 4.79 Å². The van der Waals surface area contributed by atoms with E-state index in [2.05, 4.69) is 40.7 Å². The van der Waals surface area contributed by atoms with Gasteiger partial charge in [-0.25, -0.2) is 0 Å². The lowest BCUT2D eigenvalue weighted by molar-refractivity contribution is 0.0831. The van der Waals surface area contributed by atoms with Gasteiger partial charge in [0.1, 0.15) is 5.75 Å². The van der Waals surface area contributed by atoms with E-state index in [-0.39, 0.29) is 50.9 Å². The van der Waals surface area contributed by atoms with Gasteiger partial charge in [0.05, 0.1) is 16.7 Å². The van der Waals surface area contributed by atoms with E-state index in [4.69, 9.17) is 0 Å². The number of benzene rings is 3. The van der Waals surface area contributed by atoms with Crippen LogP contribution in [0.5, 0.6) is 5.75 Å². The second kappa shape index (κ2) is 19.7. The third-order valence-corrected chi connectivity index (χ3v) is 13.4. The molecule has 0 saturated carbocycles. The molecule has 290 valence electrons. The first-order chi connectivity index (χ1) is 26.0. The van der Waals surface area contributed by atoms with Crippen LogP contribution in [0.25, 0.3) is 0 Å². The normalized spacial score (nSPS) is 18.3. The van der Waals surface area contributed by atoms with Gasteiger partial charge in [-0.1, -0.05) is 190 Å². The summed E-state index contributed by atoms with van der Waals surface area (Å²) in [6, 6.07) is 19.9. The lowest BCUT2D eigenvalue weighted by Gasteiger charge is -2.41. The Kier molecular flexibility index (Phi) is 15.3. The minimum atomic E-state index is -1.68. The Morgan fingerprint density at radius 3 is 1.94 bits per heavy atom. The Balaban J connectivity index is 1.55. The van der Waals surface area contributed by atoms with E-state index in [1.165, 1.54) is 74.9 Å². The number of aromatic hydroxyl groups is 1. The lowest BCUT2D eigenvalue weighted by Crippen LogP contribution is -2.44. The number of phenolic OH excluding ortho intramolecular Hbond substituents is 1. The molecule has 54 heavy (non-hydrogen) atoms. The molecule has 0 fully saturated rings. The Morgan fingerprint density at radius 1 is 0.704 bits per heavy atom. The van der Waals surface area contributed by atoms with E-state index in [0.717, 1.165) is 53.9 Å². The van der Waals surface area contributed by atoms with E-state index in [1.54, 1.807) is 6.08 Å². The van der Waals surface area contributed by atoms with Crippen molar-refractivity contribution in [1.82, 2.24) is 0 Å². The molecule has 3 aromatic carbocycles. The summed E-state index contributed by atoms with van der Waals surface area (Å²) in [5.41, 5.74) is 2.22. The van der Waals surface area contributed by atoms with Crippen LogP contribution in [0, 0.1) is 5.92 Å². The van der Waals surface area contributed by atoms with Crippen molar-refractivity contribution in [3.63, 3.8) is 0 Å². The molecule has 0 bridgehead atoms. The molecule has 4 nitrogen and oxygen atoms in total. The molecule has 0 radical (unpaired) electrons. The Morgan fingerprint density at radius 2 is 1.30 bits per heavy atom. The molecule has 0 aliphatic heterocycles. The Labute approximate surface area is 333 Å². The number of phenols is 1. The summed E-state index contributed by atoms with van der Waals surface area (Å²) in [6.45, 7) is 10.9. The molecule has 2 N–H and O–H groups in total. The predicted octanol–water partition coefficient (Wildman–Crippen LogP) is 13.6. The van der Waals surface area contributed by atoms with Crippen molar-refractivity contribution in [1.29, 1.82) is 0 Å². The average Bonchev–Trinajstić information content (AvgIpc) is 3.14. The number of ketones is 2. The zero-order chi connectivity index (χ0) is 38.7. The van der Waals surface area contributed by atoms with Crippen LogP contribution >= 0.6 is 23.5 Å². The first-order valence-corrected chi connectivity index (χ1v) is 22.3. The number of allylic oxidation sites excluding steroid dienone is 2. The van der Waals surface area contributed by atoms with Gasteiger partial charge in [0.25, 0.3) is 0 Å². The third kappa shape index (κ3) is 10.0. The van der Waals surface area contributed by atoms with Crippen LogP contribution in [0.1, 0.15) is 163 Å². The zero-order valence-corrected chi connectivity index (χ0v) is 35.0. The second-order valence-electron chi connectivity index (χ2n) is 16.3. The first-order valence-electron chi connectivity index (χ1n) is 20.7. The van der Waals surface area contributed by atoms with Gasteiger partial charge >= 0.3 is 0 Å². The van der Waals surface area contributed by atoms with Crippen LogP contribution in [0.15, 0.2) is 98.6 Å². The molecule has 3 aromatic rings. The van der Waals surface area contributed by atoms with Crippen LogP contribution in [-0.4, -0.2) is 26.7 Å². The van der Waals surface area contributed by atoms with Crippen LogP contribution < -0.4 is 0 Å². The van der Waals surface area contributed by atoms with Crippen molar-refractivity contribution in [3.8, 4) is 5.75 Å². The van der Waals surface area contributed by atoms with Crippen molar-refractivity contribution in [3.05, 3.63) is 106 Å². The Hall–Kier alpha value is -3.06. The van der Waals surface area contributed by atoms with Gasteiger partial charge in [0.15, 0.2) is 16.5 Å². The van der Waals surface area contributed by atoms with Crippen LogP contribution in [0.2, 0.25) is 0 Å². The molecular weight excluding hydrogens is 705 g/mol. The number of hydrogen-bond donors (Lipinski definition) is 2. The molecule has 0 spiro atoms. The van der Waals surface area contributed by atoms with Crippen LogP contribution in [0.3, 0.4) is 0 Å². The molecule has 0 saturated heterocycles. The number of rotatable bonds is 20. The summed E-state index contributed by atoms with van der Waals surface area (Å²) in [4.78, 5) is 30.8. The molecule has 2 atom stereocenters. The summed E-state index contributed by atoms with van der Waals surface area (Å²) in [5.74, 6) is -1.22. The van der Waals surface area contributed by atoms with Gasteiger partial charge in [-0.05, 0) is 60.1 Å². The van der Waals surface area contributed by atoms with Crippen molar-refractivity contribution < 1.29 is 19.8 Å². The predicted molar refractivity (Wildman–Crippen MR) is 227 cm³/mol. The van der Waals surface area contributed by atoms with E-state index in [1.807, 2.05) is 60.7 Å². The smallest absolute Gasteiger partial charge is 0.198 e. The lowest BCUT2D eigenvalue weighted by atomic mass is 9.73. The number of thioether (sulfide) groups is 1. The molecule has 0 amide bonds. The minimum Gasteiger partial charge on any atom is -0.507 e. The third-order valence-electron chi connectivity index (χ3n) is 11.0. The number of aliphatic hydroxyl groups is 1. The fraction of sp³-hybridized carbons (Fsp3) is 0.500. The number of aryl methyl sites for hydroxylation is 1. The Bertz CT molecular complexity index is 1800. The molecular formula is C48H62O4S2. The molecule has 6 heteroatoms. The highest BCUT2D eigenvalue weighted by atomic mass is 32.2. The van der Waals surface area contributed by atoms with Gasteiger partial charge < -0.3 is 10.2 Å². The van der Waals surface area contributed by atoms with Crippen molar-refractivity contribution in [2.75, 3.05) is 0 Å². The van der Waals surface area contributed by atoms with Crippen LogP contribution in [-0.2, 0) is 11.8 Å². The standard InChI is InChI=1S/C48H62O4S2/c1-6-8-10-12-14-16-19-25-34-33-40(53-36-27-21-18-22-28-36)41-42(44(34)49)45(50)37-32-31-35(26-20-17-15-13-11-9-7-2)48(52,43(37)46(41)51)54-39-30-24-23-29-38(39)47(3,4)5/h18,21-24,27-33,35,49,52H,6-17,19-20,25-26H2,1-5H3. The quantitative estimate of drug-likeness (QED) is 0.0881. The average molecular weight is 767 g/mol. The number of Topliss-reactive ketones (excluding diaryl/α,β-unsaturated/α-hetero) is 2. The molecule has 2 unspecified atom stereocenters. The second-order valence-corrected chi connectivity index (χ2v) is 18.7. The van der Waals surface area contributed by atoms with Crippen molar-refractivity contribution >= 4 is 35.1 Å². The number of carbonyl (C=O) groups is 2. The van der Waals surface area contributed by atoms with Gasteiger partial charge in [0, 0.05) is 26.2 Å². The molecule has 5 rings (SSSR count). The topological polar surface area (TPSA) is 74.6 Å². The summed E-state index contributed by atoms with van der Waals surface area (Å²) in [7, 11) is 0. The number of carbonyl (C=O) groups excluding carboxylic acids is 2. The highest BCUT2D eigenvalue weighted by Gasteiger charge is 2.51. The first kappa shape index (κ1) is 42.1. The number of fused-ring (bicyclic) bond motifs is 1. The van der Waals surface area contributed by atoms with Crippen molar-refractivity contribution in [2.24, 2.45) is 5.92 Å². The summed E-state index contributed by atoms with van der Waals surface area (Å²) >= 11 is 2.76. The monoisotopic (exact) mass is 766 g/mol. The number of unbranched alkanes of at least 4 members (excludes halogenated alkanes) is 12. The molecule has 0 heterocycles. The highest BCUT2D eigenvalue weighted by molar-refractivity contribution is 8.01. The highest BCUT2D eigenvalue weighted by Crippen LogP contribution is 2.54. The van der Waals surface area contributed by atoms with Crippen LogP contribution in [0.4, 0.5) is 0 Å². The maximum atomic E-state index is 15.2. The van der Waals surface area contributed by atoms with Crippen molar-refractivity contribution in [2.45, 2.75) is 162 Å². The van der Waals surface area contributed by atoms with Gasteiger partial charge in [-0.3, -0.25) is 9.59 Å². The summed E-state index contributed by atoms with van der Waals surface area (Å²) < 4.78 is 0. The van der Waals surface area contributed by atoms with E-state index in [0.29, 0.717) is 23.3 Å². The van der Waals surface area contributed by atoms with E-state index in [9.17, 15) is 15.0 Å². The SMILES string of the molecule is CCCCCCCCCc1cc(Sc2ccccc2)c2c(c1O)C(=O)C1=C(C2=O)C(O)(Sc2ccccc2C(C)(C)C)C(CCCCCCCCC)C=C1. The maximum Gasteiger partial charge on any atom is 0.198 e. The van der Waals surface area contributed by atoms with E-state index < -0.39 is 4.93 Å². The molecule has 0 aromatic heterocycles. The minimum absolute atomic E-state index is 0.0789. The largest absolute Gasteiger partial charge is 0.507 e. The summed E-state index contributed by atoms with van der Waals surface area (Å²) in [6.07, 6.45) is 21.1. The zero-order valence-electron chi connectivity index (χ0n) is 33.3. The summed E-state index contributed by atoms with van der Waals surface area (Å²) in [5, 5.41) is 25.0. The maximum absolute atomic E-state index is 15.2. The van der Waals surface area contributed by atoms with Gasteiger partial charge in [-0.2, -0.15) is 0 Å². The fourth-order valence-electron chi connectivity index (χ4n) is 7.93. The van der Waals surface area contributed by atoms with Gasteiger partial charge in [0.2, 0.25) is 0 Å². The number of hydrogen-bond acceptors (Lipinski definition) is 6. The molecule has 2 aliphatic rings. The molecule has 2 aliphatic carbocycles. The fourth-order valence-corrected chi connectivity index (χ4v) is 10.6. The van der Waals surface area contributed by atoms with Gasteiger partial charge in [-0.15, -0.1) is 0 Å².